The molecule has 2 N–H and O–H groups in total. The molecule has 2 aromatic heterocycles. The molecule has 0 saturated heterocycles. The number of nitriles is 1. The Morgan fingerprint density at radius 1 is 1.30 bits per heavy atom. The number of aryl methyl sites for hydroxylation is 1. The number of fused-ring (bicyclic) bond motifs is 1. The van der Waals surface area contributed by atoms with E-state index in [0.717, 1.165) is 0 Å². The number of alkyl halides is 3. The lowest BCUT2D eigenvalue weighted by Crippen LogP contribution is -2.13. The Morgan fingerprint density at radius 3 is 2.78 bits per heavy atom. The van der Waals surface area contributed by atoms with E-state index in [1.165, 1.54) is 12.1 Å². The quantitative estimate of drug-likeness (QED) is 0.726. The van der Waals surface area contributed by atoms with Crippen molar-refractivity contribution in [2.24, 2.45) is 0 Å². The lowest BCUT2D eigenvalue weighted by Gasteiger charge is -2.13. The molecule has 0 unspecified atom stereocenters. The molecule has 7 nitrogen and oxygen atoms in total. The van der Waals surface area contributed by atoms with Crippen LogP contribution in [0.15, 0.2) is 22.8 Å². The number of anilines is 1. The maximum absolute atomic E-state index is 12.3. The topological polar surface area (TPSA) is 111 Å². The molecule has 0 atom stereocenters. The van der Waals surface area contributed by atoms with Gasteiger partial charge in [0, 0.05) is 17.7 Å². The maximum Gasteiger partial charge on any atom is 0.392 e. The van der Waals surface area contributed by atoms with Gasteiger partial charge in [0.1, 0.15) is 11.8 Å². The van der Waals surface area contributed by atoms with E-state index in [4.69, 9.17) is 15.7 Å². The van der Waals surface area contributed by atoms with E-state index >= 15 is 0 Å². The first-order valence-electron chi connectivity index (χ1n) is 7.88. The highest BCUT2D eigenvalue weighted by Gasteiger charge is 2.27. The maximum atomic E-state index is 12.3. The number of nitrogen functional groups attached to an aromatic ring is 1. The molecule has 0 aliphatic heterocycles. The summed E-state index contributed by atoms with van der Waals surface area (Å²) in [4.78, 5) is 4.27. The van der Waals surface area contributed by atoms with Crippen molar-refractivity contribution >= 4 is 16.9 Å². The van der Waals surface area contributed by atoms with Gasteiger partial charge in [0.05, 0.1) is 24.3 Å². The zero-order chi connectivity index (χ0) is 19.6. The molecule has 27 heavy (non-hydrogen) atoms. The van der Waals surface area contributed by atoms with Gasteiger partial charge in [-0.25, -0.2) is 9.61 Å². The number of nitrogens with zero attached hydrogens (tertiary/aromatic N) is 4. The molecule has 0 amide bonds. The van der Waals surface area contributed by atoms with Crippen LogP contribution >= 0.6 is 0 Å². The minimum absolute atomic E-state index is 0.0904. The van der Waals surface area contributed by atoms with Gasteiger partial charge in [-0.15, -0.1) is 0 Å². The molecule has 140 valence electrons. The number of rotatable bonds is 5. The van der Waals surface area contributed by atoms with Crippen molar-refractivity contribution in [2.45, 2.75) is 25.9 Å². The summed E-state index contributed by atoms with van der Waals surface area (Å²) in [6.45, 7) is 1.19. The molecule has 0 radical (unpaired) electrons. The van der Waals surface area contributed by atoms with Crippen LogP contribution in [0.1, 0.15) is 28.8 Å². The van der Waals surface area contributed by atoms with Crippen LogP contribution in [0.25, 0.3) is 11.2 Å². The predicted molar refractivity (Wildman–Crippen MR) is 88.9 cm³/mol. The van der Waals surface area contributed by atoms with Crippen LogP contribution in [0, 0.1) is 18.3 Å². The Hall–Kier alpha value is -3.35. The molecule has 3 rings (SSSR count). The Labute approximate surface area is 151 Å². The SMILES string of the molecule is Cc1nc2nonc2c(N)c1Cc1ccc(C#N)c(OCCC(F)(F)F)c1. The van der Waals surface area contributed by atoms with Crippen LogP contribution in [0.2, 0.25) is 0 Å². The van der Waals surface area contributed by atoms with Crippen molar-refractivity contribution in [1.29, 1.82) is 5.26 Å². The highest BCUT2D eigenvalue weighted by atomic mass is 19.4. The number of halogens is 3. The third-order valence-electron chi connectivity index (χ3n) is 3.95. The number of aromatic nitrogens is 3. The lowest BCUT2D eigenvalue weighted by atomic mass is 10.0. The van der Waals surface area contributed by atoms with Gasteiger partial charge in [-0.2, -0.15) is 18.4 Å². The predicted octanol–water partition coefficient (Wildman–Crippen LogP) is 3.30. The molecule has 1 aromatic carbocycles. The van der Waals surface area contributed by atoms with E-state index in [-0.39, 0.29) is 11.3 Å². The Morgan fingerprint density at radius 2 is 2.07 bits per heavy atom. The molecule has 0 aliphatic carbocycles. The second-order valence-corrected chi connectivity index (χ2v) is 5.86. The molecule has 0 saturated carbocycles. The highest BCUT2D eigenvalue weighted by Crippen LogP contribution is 2.28. The third kappa shape index (κ3) is 4.08. The van der Waals surface area contributed by atoms with E-state index in [0.29, 0.717) is 40.1 Å². The fraction of sp³-hybridized carbons (Fsp3) is 0.294. The summed E-state index contributed by atoms with van der Waals surface area (Å²) in [5, 5.41) is 16.5. The lowest BCUT2D eigenvalue weighted by molar-refractivity contribution is -0.139. The van der Waals surface area contributed by atoms with Gasteiger partial charge in [0.25, 0.3) is 0 Å². The largest absolute Gasteiger partial charge is 0.492 e. The number of hydrogen-bond donors (Lipinski definition) is 1. The monoisotopic (exact) mass is 377 g/mol. The zero-order valence-electron chi connectivity index (χ0n) is 14.2. The van der Waals surface area contributed by atoms with E-state index in [9.17, 15) is 13.2 Å². The summed E-state index contributed by atoms with van der Waals surface area (Å²) >= 11 is 0. The summed E-state index contributed by atoms with van der Waals surface area (Å²) in [5.74, 6) is 0.0904. The van der Waals surface area contributed by atoms with Gasteiger partial charge in [-0.05, 0) is 34.9 Å². The average molecular weight is 377 g/mol. The summed E-state index contributed by atoms with van der Waals surface area (Å²) in [6.07, 6.45) is -5.11. The fourth-order valence-corrected chi connectivity index (χ4v) is 2.58. The number of benzene rings is 1. The van der Waals surface area contributed by atoms with Crippen LogP contribution in [0.3, 0.4) is 0 Å². The van der Waals surface area contributed by atoms with E-state index < -0.39 is 19.2 Å². The van der Waals surface area contributed by atoms with Gasteiger partial charge < -0.3 is 10.5 Å². The number of nitrogens with two attached hydrogens (primary N) is 1. The summed E-state index contributed by atoms with van der Waals surface area (Å²) < 4.78 is 46.7. The van der Waals surface area contributed by atoms with Crippen molar-refractivity contribution in [1.82, 2.24) is 15.3 Å². The van der Waals surface area contributed by atoms with Crippen molar-refractivity contribution in [3.05, 3.63) is 40.6 Å². The Balaban J connectivity index is 1.87. The number of hydrogen-bond acceptors (Lipinski definition) is 7. The average Bonchev–Trinajstić information content (AvgIpc) is 3.06. The third-order valence-corrected chi connectivity index (χ3v) is 3.95. The minimum atomic E-state index is -4.33. The van der Waals surface area contributed by atoms with Gasteiger partial charge in [-0.1, -0.05) is 6.07 Å². The number of pyridine rings is 1. The van der Waals surface area contributed by atoms with Crippen molar-refractivity contribution in [2.75, 3.05) is 12.3 Å². The molecule has 10 heteroatoms. The van der Waals surface area contributed by atoms with E-state index in [1.54, 1.807) is 13.0 Å². The Kier molecular flexibility index (Phi) is 4.85. The van der Waals surface area contributed by atoms with Gasteiger partial charge in [0.2, 0.25) is 5.65 Å². The first-order valence-corrected chi connectivity index (χ1v) is 7.88. The molecule has 2 heterocycles. The normalized spacial score (nSPS) is 11.5. The standard InChI is InChI=1S/C17H14F3N5O2/c1-9-12(14(22)15-16(23-9)25-27-24-15)6-10-2-3-11(8-21)13(7-10)26-5-4-17(18,19)20/h2-3,7H,4-6,22H2,1H3. The van der Waals surface area contributed by atoms with E-state index in [1.807, 2.05) is 6.07 Å². The molecular formula is C17H14F3N5O2. The smallest absolute Gasteiger partial charge is 0.392 e. The summed E-state index contributed by atoms with van der Waals surface area (Å²) in [7, 11) is 0. The molecule has 3 aromatic rings. The molecular weight excluding hydrogens is 363 g/mol. The van der Waals surface area contributed by atoms with Gasteiger partial charge >= 0.3 is 6.18 Å². The first kappa shape index (κ1) is 18.4. The Bertz CT molecular complexity index is 1020. The van der Waals surface area contributed by atoms with Crippen LogP contribution in [0.4, 0.5) is 18.9 Å². The summed E-state index contributed by atoms with van der Waals surface area (Å²) in [5.41, 5.74) is 9.28. The molecule has 0 bridgehead atoms. The molecule has 0 aliphatic rings. The molecule has 0 fully saturated rings. The minimum Gasteiger partial charge on any atom is -0.492 e. The van der Waals surface area contributed by atoms with E-state index in [2.05, 4.69) is 19.9 Å². The molecule has 0 spiro atoms. The van der Waals surface area contributed by atoms with Crippen LogP contribution in [0.5, 0.6) is 5.75 Å². The van der Waals surface area contributed by atoms with Crippen LogP contribution in [-0.4, -0.2) is 28.1 Å². The first-order chi connectivity index (χ1) is 12.8. The van der Waals surface area contributed by atoms with Crippen molar-refractivity contribution < 1.29 is 22.5 Å². The fourth-order valence-electron chi connectivity index (χ4n) is 2.58. The van der Waals surface area contributed by atoms with Gasteiger partial charge in [-0.3, -0.25) is 0 Å². The van der Waals surface area contributed by atoms with Crippen molar-refractivity contribution in [3.63, 3.8) is 0 Å². The van der Waals surface area contributed by atoms with Crippen LogP contribution < -0.4 is 10.5 Å². The second-order valence-electron chi connectivity index (χ2n) is 5.86. The van der Waals surface area contributed by atoms with Gasteiger partial charge in [0.15, 0.2) is 5.52 Å². The highest BCUT2D eigenvalue weighted by molar-refractivity contribution is 5.85. The zero-order valence-corrected chi connectivity index (χ0v) is 14.2. The second kappa shape index (κ2) is 7.11. The van der Waals surface area contributed by atoms with Crippen LogP contribution in [-0.2, 0) is 6.42 Å². The summed E-state index contributed by atoms with van der Waals surface area (Å²) in [6, 6.07) is 6.60. The number of ether oxygens (including phenoxy) is 1. The van der Waals surface area contributed by atoms with Crippen molar-refractivity contribution in [3.8, 4) is 11.8 Å².